The van der Waals surface area contributed by atoms with Crippen LogP contribution in [0.4, 0.5) is 8.78 Å². The first-order valence-electron chi connectivity index (χ1n) is 7.73. The zero-order valence-corrected chi connectivity index (χ0v) is 15.9. The van der Waals surface area contributed by atoms with Crippen LogP contribution in [0.25, 0.3) is 0 Å². The predicted molar refractivity (Wildman–Crippen MR) is 97.6 cm³/mol. The number of hydrogen-bond acceptors (Lipinski definition) is 4. The van der Waals surface area contributed by atoms with Crippen LogP contribution in [-0.4, -0.2) is 14.4 Å². The third kappa shape index (κ3) is 5.18. The topological polar surface area (TPSA) is 55.3 Å². The van der Waals surface area contributed by atoms with Crippen molar-refractivity contribution in [3.63, 3.8) is 0 Å². The average Bonchev–Trinajstić information content (AvgIpc) is 2.57. The highest BCUT2D eigenvalue weighted by molar-refractivity contribution is 7.99. The molecule has 25 heavy (non-hydrogen) atoms. The van der Waals surface area contributed by atoms with Crippen LogP contribution in [0.5, 0.6) is 0 Å². The molecule has 0 heterocycles. The summed E-state index contributed by atoms with van der Waals surface area (Å²) in [4.78, 5) is 0.770. The van der Waals surface area contributed by atoms with E-state index in [0.717, 1.165) is 23.9 Å². The van der Waals surface area contributed by atoms with Crippen LogP contribution in [0.3, 0.4) is 0 Å². The van der Waals surface area contributed by atoms with Crippen molar-refractivity contribution in [1.82, 2.24) is 4.72 Å². The Morgan fingerprint density at radius 3 is 2.40 bits per heavy atom. The van der Waals surface area contributed by atoms with Gasteiger partial charge < -0.3 is 9.66 Å². The second-order valence-corrected chi connectivity index (χ2v) is 9.51. The largest absolute Gasteiger partial charge is 0.598 e. The van der Waals surface area contributed by atoms with Gasteiger partial charge in [0, 0.05) is 21.8 Å². The lowest BCUT2D eigenvalue weighted by Gasteiger charge is -2.24. The van der Waals surface area contributed by atoms with Gasteiger partial charge in [-0.2, -0.15) is 0 Å². The van der Waals surface area contributed by atoms with Crippen molar-refractivity contribution in [2.75, 3.05) is 0 Å². The van der Waals surface area contributed by atoms with E-state index in [9.17, 15) is 18.4 Å². The third-order valence-corrected chi connectivity index (χ3v) is 6.23. The molecule has 136 valence electrons. The molecule has 1 atom stereocenters. The van der Waals surface area contributed by atoms with Gasteiger partial charge in [-0.15, -0.1) is 4.72 Å². The van der Waals surface area contributed by atoms with E-state index >= 15 is 0 Å². The summed E-state index contributed by atoms with van der Waals surface area (Å²) >= 11 is -0.350. The van der Waals surface area contributed by atoms with E-state index in [1.54, 1.807) is 45.0 Å². The number of benzene rings is 2. The highest BCUT2D eigenvalue weighted by Gasteiger charge is 2.27. The lowest BCUT2D eigenvalue weighted by molar-refractivity contribution is 0.279. The summed E-state index contributed by atoms with van der Waals surface area (Å²) in [6, 6.07) is 9.15. The first-order valence-corrected chi connectivity index (χ1v) is 9.69. The number of rotatable bonds is 6. The quantitative estimate of drug-likeness (QED) is 0.733. The Balaban J connectivity index is 2.33. The van der Waals surface area contributed by atoms with Crippen LogP contribution in [0.2, 0.25) is 0 Å². The molecule has 0 saturated carbocycles. The third-order valence-electron chi connectivity index (χ3n) is 3.45. The molecule has 2 rings (SSSR count). The minimum atomic E-state index is -1.40. The Hall–Kier alpha value is -1.12. The van der Waals surface area contributed by atoms with Gasteiger partial charge in [0.05, 0.1) is 18.0 Å². The smallest absolute Gasteiger partial charge is 0.137 e. The van der Waals surface area contributed by atoms with Crippen molar-refractivity contribution in [3.8, 4) is 0 Å². The standard InChI is InChI=1S/C18H21F2NO2S2/c1-18(2,3)25(23)21-10-13-14(19)8-9-15(20)17(13)24-16-7-5-4-6-12(16)11-22/h4-9,21-22H,10-11H2,1-3H3. The van der Waals surface area contributed by atoms with Crippen molar-refractivity contribution >= 4 is 23.1 Å². The van der Waals surface area contributed by atoms with Crippen molar-refractivity contribution in [3.05, 3.63) is 59.2 Å². The summed E-state index contributed by atoms with van der Waals surface area (Å²) in [5, 5.41) is 9.42. The molecule has 0 amide bonds. The van der Waals surface area contributed by atoms with E-state index < -0.39 is 27.7 Å². The number of aliphatic hydroxyl groups is 1. The second kappa shape index (κ2) is 8.51. The molecule has 2 aromatic rings. The van der Waals surface area contributed by atoms with Gasteiger partial charge in [-0.05, 0) is 44.5 Å². The molecular formula is C18H21F2NO2S2. The van der Waals surface area contributed by atoms with Gasteiger partial charge in [0.25, 0.3) is 0 Å². The minimum absolute atomic E-state index is 0.0584. The molecule has 0 bridgehead atoms. The van der Waals surface area contributed by atoms with Crippen molar-refractivity contribution in [2.24, 2.45) is 0 Å². The fraction of sp³-hybridized carbons (Fsp3) is 0.333. The molecule has 7 heteroatoms. The van der Waals surface area contributed by atoms with E-state index in [0.29, 0.717) is 10.5 Å². The monoisotopic (exact) mass is 385 g/mol. The summed E-state index contributed by atoms with van der Waals surface area (Å²) in [7, 11) is 0. The van der Waals surface area contributed by atoms with E-state index in [1.165, 1.54) is 0 Å². The lowest BCUT2D eigenvalue weighted by atomic mass is 10.2. The van der Waals surface area contributed by atoms with Crippen molar-refractivity contribution < 1.29 is 18.4 Å². The molecule has 3 nitrogen and oxygen atoms in total. The Morgan fingerprint density at radius 2 is 1.76 bits per heavy atom. The molecular weight excluding hydrogens is 364 g/mol. The Labute approximate surface area is 154 Å². The number of halogens is 2. The molecule has 0 spiro atoms. The lowest BCUT2D eigenvalue weighted by Crippen LogP contribution is -2.39. The van der Waals surface area contributed by atoms with Gasteiger partial charge >= 0.3 is 0 Å². The normalized spacial score (nSPS) is 13.1. The minimum Gasteiger partial charge on any atom is -0.598 e. The van der Waals surface area contributed by atoms with Crippen LogP contribution in [-0.2, 0) is 24.5 Å². The van der Waals surface area contributed by atoms with Gasteiger partial charge in [0.2, 0.25) is 0 Å². The molecule has 0 aliphatic carbocycles. The number of aliphatic hydroxyl groups excluding tert-OH is 1. The number of nitrogens with one attached hydrogen (secondary N) is 1. The van der Waals surface area contributed by atoms with Crippen LogP contribution in [0.15, 0.2) is 46.2 Å². The maximum atomic E-state index is 14.4. The SMILES string of the molecule is CC(C)(C)[S+]([O-])NCc1c(F)ccc(F)c1Sc1ccccc1CO. The van der Waals surface area contributed by atoms with E-state index in [2.05, 4.69) is 4.72 Å². The van der Waals surface area contributed by atoms with E-state index in [-0.39, 0.29) is 23.6 Å². The number of hydrogen-bond donors (Lipinski definition) is 2. The highest BCUT2D eigenvalue weighted by atomic mass is 32.2. The predicted octanol–water partition coefficient (Wildman–Crippen LogP) is 4.16. The summed E-state index contributed by atoms with van der Waals surface area (Å²) < 4.78 is 43.0. The molecule has 0 saturated heterocycles. The maximum Gasteiger partial charge on any atom is 0.137 e. The van der Waals surface area contributed by atoms with E-state index in [1.807, 2.05) is 0 Å². The Kier molecular flexibility index (Phi) is 6.87. The molecule has 0 fully saturated rings. The molecule has 0 aliphatic rings. The van der Waals surface area contributed by atoms with Gasteiger partial charge in [0.15, 0.2) is 0 Å². The zero-order valence-electron chi connectivity index (χ0n) is 14.3. The first-order chi connectivity index (χ1) is 11.7. The molecule has 1 unspecified atom stereocenters. The van der Waals surface area contributed by atoms with Crippen molar-refractivity contribution in [2.45, 2.75) is 48.5 Å². The molecule has 0 aliphatic heterocycles. The molecule has 0 aromatic heterocycles. The summed E-state index contributed by atoms with van der Waals surface area (Å²) in [6.07, 6.45) is 0. The average molecular weight is 386 g/mol. The Bertz CT molecular complexity index is 736. The Morgan fingerprint density at radius 1 is 1.12 bits per heavy atom. The van der Waals surface area contributed by atoms with Gasteiger partial charge in [-0.3, -0.25) is 0 Å². The van der Waals surface area contributed by atoms with Crippen LogP contribution in [0.1, 0.15) is 31.9 Å². The fourth-order valence-corrected chi connectivity index (χ4v) is 3.85. The molecule has 2 aromatic carbocycles. The summed E-state index contributed by atoms with van der Waals surface area (Å²) in [5.41, 5.74) is 0.753. The van der Waals surface area contributed by atoms with Crippen LogP contribution >= 0.6 is 11.8 Å². The maximum absolute atomic E-state index is 14.4. The summed E-state index contributed by atoms with van der Waals surface area (Å²) in [6.45, 7) is 5.14. The highest BCUT2D eigenvalue weighted by Crippen LogP contribution is 2.36. The van der Waals surface area contributed by atoms with Crippen molar-refractivity contribution in [1.29, 1.82) is 0 Å². The van der Waals surface area contributed by atoms with Gasteiger partial charge in [-0.25, -0.2) is 8.78 Å². The first kappa shape index (κ1) is 20.2. The molecule has 2 N–H and O–H groups in total. The fourth-order valence-electron chi connectivity index (χ4n) is 2.05. The van der Waals surface area contributed by atoms with Crippen LogP contribution < -0.4 is 4.72 Å². The zero-order chi connectivity index (χ0) is 18.6. The molecule has 0 radical (unpaired) electrons. The van der Waals surface area contributed by atoms with Gasteiger partial charge in [0.1, 0.15) is 16.4 Å². The van der Waals surface area contributed by atoms with E-state index in [4.69, 9.17) is 0 Å². The second-order valence-electron chi connectivity index (χ2n) is 6.41. The van der Waals surface area contributed by atoms with Gasteiger partial charge in [-0.1, -0.05) is 30.0 Å². The summed E-state index contributed by atoms with van der Waals surface area (Å²) in [5.74, 6) is -1.12. The van der Waals surface area contributed by atoms with Crippen LogP contribution in [0, 0.1) is 11.6 Å².